The van der Waals surface area contributed by atoms with Crippen LogP contribution in [-0.2, 0) is 7.05 Å². The van der Waals surface area contributed by atoms with Crippen LogP contribution in [0.2, 0.25) is 0 Å². The van der Waals surface area contributed by atoms with Gasteiger partial charge in [-0.15, -0.1) is 0 Å². The number of hydrogen-bond acceptors (Lipinski definition) is 5. The van der Waals surface area contributed by atoms with Crippen LogP contribution < -0.4 is 0 Å². The van der Waals surface area contributed by atoms with E-state index in [2.05, 4.69) is 9.98 Å². The number of aliphatic hydroxyl groups is 1. The van der Waals surface area contributed by atoms with Gasteiger partial charge in [0.25, 0.3) is 0 Å². The van der Waals surface area contributed by atoms with Gasteiger partial charge in [0.1, 0.15) is 23.2 Å². The summed E-state index contributed by atoms with van der Waals surface area (Å²) >= 11 is 0. The normalized spacial score (nSPS) is 12.3. The highest BCUT2D eigenvalue weighted by molar-refractivity contribution is 5.85. The first-order valence-corrected chi connectivity index (χ1v) is 7.63. The summed E-state index contributed by atoms with van der Waals surface area (Å²) in [6, 6.07) is 16.2. The molecular weight excluding hydrogens is 316 g/mol. The third kappa shape index (κ3) is 3.21. The van der Waals surface area contributed by atoms with Crippen molar-refractivity contribution in [2.45, 2.75) is 0 Å². The molecule has 25 heavy (non-hydrogen) atoms. The average molecular weight is 332 g/mol. The predicted octanol–water partition coefficient (Wildman–Crippen LogP) is 3.19. The first kappa shape index (κ1) is 16.3. The number of aliphatic imine (C=N–C) groups is 1. The van der Waals surface area contributed by atoms with Crippen molar-refractivity contribution < 1.29 is 10.2 Å². The topological polar surface area (TPSA) is 94.4 Å². The number of rotatable bonds is 4. The Bertz CT molecular complexity index is 1030. The summed E-state index contributed by atoms with van der Waals surface area (Å²) in [6.45, 7) is -0.0829. The third-order valence-electron chi connectivity index (χ3n) is 3.82. The molecule has 1 aromatic heterocycles. The Balaban J connectivity index is 1.91. The fourth-order valence-corrected chi connectivity index (χ4v) is 2.52. The number of hydrogen-bond donors (Lipinski definition) is 2. The van der Waals surface area contributed by atoms with E-state index in [9.17, 15) is 15.5 Å². The second-order valence-electron chi connectivity index (χ2n) is 5.45. The second-order valence-corrected chi connectivity index (χ2v) is 5.45. The lowest BCUT2D eigenvalue weighted by molar-refractivity contribution is 0.407. The number of para-hydroxylation sites is 3. The molecule has 6 nitrogen and oxygen atoms in total. The van der Waals surface area contributed by atoms with Crippen LogP contribution in [0.5, 0.6) is 5.75 Å². The van der Waals surface area contributed by atoms with E-state index in [4.69, 9.17) is 0 Å². The number of aromatic nitrogens is 2. The molecule has 6 heteroatoms. The van der Waals surface area contributed by atoms with Crippen molar-refractivity contribution in [1.82, 2.24) is 9.55 Å². The van der Waals surface area contributed by atoms with Crippen molar-refractivity contribution in [1.29, 1.82) is 5.26 Å². The standard InChI is InChI=1S/C19H16N4O2/c1-23-16-8-4-3-7-15(16)22-19(23)14(10-20)18(25)12-21-11-13-6-2-5-9-17(13)24/h2-9,11,24-25H,12H2,1H3/b18-14-,21-11?. The second kappa shape index (κ2) is 6.89. The summed E-state index contributed by atoms with van der Waals surface area (Å²) < 4.78 is 1.76. The minimum Gasteiger partial charge on any atom is -0.509 e. The van der Waals surface area contributed by atoms with Gasteiger partial charge in [-0.1, -0.05) is 24.3 Å². The van der Waals surface area contributed by atoms with Crippen LogP contribution in [-0.4, -0.2) is 32.5 Å². The number of phenols is 1. The van der Waals surface area contributed by atoms with Gasteiger partial charge in [0.05, 0.1) is 17.6 Å². The summed E-state index contributed by atoms with van der Waals surface area (Å²) in [5, 5.41) is 29.4. The molecule has 0 fully saturated rings. The van der Waals surface area contributed by atoms with E-state index in [0.717, 1.165) is 11.0 Å². The number of nitriles is 1. The van der Waals surface area contributed by atoms with Gasteiger partial charge in [0.15, 0.2) is 5.82 Å². The molecule has 0 aliphatic heterocycles. The van der Waals surface area contributed by atoms with Gasteiger partial charge < -0.3 is 14.8 Å². The molecule has 0 bridgehead atoms. The summed E-state index contributed by atoms with van der Waals surface area (Å²) in [5.41, 5.74) is 2.23. The molecule has 0 unspecified atom stereocenters. The number of aromatic hydroxyl groups is 1. The maximum absolute atomic E-state index is 10.3. The van der Waals surface area contributed by atoms with Crippen LogP contribution in [0.15, 0.2) is 59.3 Å². The molecule has 3 rings (SSSR count). The number of fused-ring (bicyclic) bond motifs is 1. The maximum Gasteiger partial charge on any atom is 0.155 e. The van der Waals surface area contributed by atoms with Gasteiger partial charge in [-0.25, -0.2) is 4.98 Å². The van der Waals surface area contributed by atoms with Crippen molar-refractivity contribution in [3.8, 4) is 11.8 Å². The van der Waals surface area contributed by atoms with Gasteiger partial charge in [0, 0.05) is 18.8 Å². The smallest absolute Gasteiger partial charge is 0.155 e. The van der Waals surface area contributed by atoms with Crippen molar-refractivity contribution >= 4 is 22.8 Å². The molecule has 124 valence electrons. The zero-order chi connectivity index (χ0) is 17.8. The van der Waals surface area contributed by atoms with Crippen LogP contribution in [0.25, 0.3) is 16.6 Å². The van der Waals surface area contributed by atoms with Gasteiger partial charge in [0.2, 0.25) is 0 Å². The zero-order valence-corrected chi connectivity index (χ0v) is 13.6. The minimum absolute atomic E-state index is 0.0770. The summed E-state index contributed by atoms with van der Waals surface area (Å²) in [7, 11) is 1.79. The molecule has 0 radical (unpaired) electrons. The van der Waals surface area contributed by atoms with E-state index in [1.807, 2.05) is 30.3 Å². The Labute approximate surface area is 144 Å². The molecule has 0 spiro atoms. The van der Waals surface area contributed by atoms with Gasteiger partial charge in [-0.05, 0) is 24.3 Å². The molecule has 0 atom stereocenters. The Morgan fingerprint density at radius 3 is 2.68 bits per heavy atom. The van der Waals surface area contributed by atoms with Crippen LogP contribution in [0, 0.1) is 11.3 Å². The van der Waals surface area contributed by atoms with E-state index < -0.39 is 0 Å². The van der Waals surface area contributed by atoms with Crippen LogP contribution >= 0.6 is 0 Å². The number of aliphatic hydroxyl groups excluding tert-OH is 1. The number of benzene rings is 2. The maximum atomic E-state index is 10.3. The van der Waals surface area contributed by atoms with E-state index in [1.54, 1.807) is 35.9 Å². The molecule has 0 aliphatic rings. The largest absolute Gasteiger partial charge is 0.509 e. The van der Waals surface area contributed by atoms with E-state index >= 15 is 0 Å². The number of imidazole rings is 1. The Hall–Kier alpha value is -3.59. The molecule has 0 amide bonds. The average Bonchev–Trinajstić information content (AvgIpc) is 2.94. The lowest BCUT2D eigenvalue weighted by atomic mass is 10.2. The van der Waals surface area contributed by atoms with Gasteiger partial charge >= 0.3 is 0 Å². The fraction of sp³-hybridized carbons (Fsp3) is 0.105. The predicted molar refractivity (Wildman–Crippen MR) is 96.4 cm³/mol. The molecule has 3 aromatic rings. The van der Waals surface area contributed by atoms with Crippen LogP contribution in [0.3, 0.4) is 0 Å². The first-order valence-electron chi connectivity index (χ1n) is 7.63. The molecule has 1 heterocycles. The van der Waals surface area contributed by atoms with Crippen molar-refractivity contribution in [3.63, 3.8) is 0 Å². The Morgan fingerprint density at radius 1 is 1.24 bits per heavy atom. The first-order chi connectivity index (χ1) is 12.1. The highest BCUT2D eigenvalue weighted by Gasteiger charge is 2.15. The molecular formula is C19H16N4O2. The number of phenolic OH excluding ortho intramolecular Hbond substituents is 1. The molecule has 0 aliphatic carbocycles. The minimum atomic E-state index is -0.174. The van der Waals surface area contributed by atoms with E-state index in [1.165, 1.54) is 6.21 Å². The Kier molecular flexibility index (Phi) is 4.48. The highest BCUT2D eigenvalue weighted by Crippen LogP contribution is 2.22. The monoisotopic (exact) mass is 332 g/mol. The molecule has 2 aromatic carbocycles. The van der Waals surface area contributed by atoms with Crippen molar-refractivity contribution in [2.24, 2.45) is 12.0 Å². The molecule has 0 saturated carbocycles. The number of allylic oxidation sites excluding steroid dienone is 1. The lowest BCUT2D eigenvalue weighted by Gasteiger charge is -2.03. The Morgan fingerprint density at radius 2 is 1.96 bits per heavy atom. The van der Waals surface area contributed by atoms with Crippen LogP contribution in [0.1, 0.15) is 11.4 Å². The van der Waals surface area contributed by atoms with Gasteiger partial charge in [-0.2, -0.15) is 5.26 Å². The summed E-state index contributed by atoms with van der Waals surface area (Å²) in [5.74, 6) is 0.317. The van der Waals surface area contributed by atoms with Gasteiger partial charge in [-0.3, -0.25) is 4.99 Å². The van der Waals surface area contributed by atoms with E-state index in [-0.39, 0.29) is 23.6 Å². The number of nitrogens with zero attached hydrogens (tertiary/aromatic N) is 4. The lowest BCUT2D eigenvalue weighted by Crippen LogP contribution is -2.01. The van der Waals surface area contributed by atoms with Crippen molar-refractivity contribution in [2.75, 3.05) is 6.54 Å². The number of aryl methyl sites for hydroxylation is 1. The van der Waals surface area contributed by atoms with Crippen molar-refractivity contribution in [3.05, 3.63) is 65.7 Å². The molecule has 2 N–H and O–H groups in total. The fourth-order valence-electron chi connectivity index (χ4n) is 2.52. The van der Waals surface area contributed by atoms with Crippen LogP contribution in [0.4, 0.5) is 0 Å². The third-order valence-corrected chi connectivity index (χ3v) is 3.82. The molecule has 0 saturated heterocycles. The summed E-state index contributed by atoms with van der Waals surface area (Å²) in [4.78, 5) is 8.51. The summed E-state index contributed by atoms with van der Waals surface area (Å²) in [6.07, 6.45) is 1.45. The SMILES string of the molecule is Cn1c(/C(C#N)=C(\O)CN=Cc2ccccc2O)nc2ccccc21. The quantitative estimate of drug-likeness (QED) is 0.436. The zero-order valence-electron chi connectivity index (χ0n) is 13.6. The van der Waals surface area contributed by atoms with E-state index in [0.29, 0.717) is 11.4 Å². The highest BCUT2D eigenvalue weighted by atomic mass is 16.3.